The van der Waals surface area contributed by atoms with E-state index in [4.69, 9.17) is 28.3 Å². The number of pyridine rings is 1. The molecule has 1 heterocycles. The molecule has 0 aliphatic heterocycles. The molecule has 0 spiro atoms. The van der Waals surface area contributed by atoms with Crippen LogP contribution in [0.5, 0.6) is 0 Å². The second-order valence-corrected chi connectivity index (χ2v) is 5.57. The van der Waals surface area contributed by atoms with E-state index in [0.717, 1.165) is 10.6 Å². The average molecular weight is 314 g/mol. The number of aromatic carboxylic acids is 1. The lowest BCUT2D eigenvalue weighted by molar-refractivity contribution is 0.0696. The summed E-state index contributed by atoms with van der Waals surface area (Å²) in [5, 5.41) is 10.0. The molecule has 6 heteroatoms. The van der Waals surface area contributed by atoms with Crippen LogP contribution in [0.15, 0.2) is 41.4 Å². The van der Waals surface area contributed by atoms with Crippen molar-refractivity contribution in [1.82, 2.24) is 4.98 Å². The Morgan fingerprint density at radius 1 is 1.26 bits per heavy atom. The Bertz CT molecular complexity index is 602. The molecule has 0 radical (unpaired) electrons. The van der Waals surface area contributed by atoms with Gasteiger partial charge in [-0.1, -0.05) is 23.2 Å². The van der Waals surface area contributed by atoms with Crippen LogP contribution in [0.1, 0.15) is 16.1 Å². The number of carboxylic acid groups (broad SMARTS) is 1. The molecule has 2 aromatic rings. The predicted molar refractivity (Wildman–Crippen MR) is 77.2 cm³/mol. The minimum Gasteiger partial charge on any atom is -0.478 e. The zero-order chi connectivity index (χ0) is 13.8. The molecule has 19 heavy (non-hydrogen) atoms. The van der Waals surface area contributed by atoms with Crippen LogP contribution >= 0.6 is 35.0 Å². The fourth-order valence-corrected chi connectivity index (χ4v) is 2.78. The Morgan fingerprint density at radius 3 is 2.68 bits per heavy atom. The molecule has 98 valence electrons. The summed E-state index contributed by atoms with van der Waals surface area (Å²) in [4.78, 5) is 15.7. The zero-order valence-electron chi connectivity index (χ0n) is 9.64. The Balaban J connectivity index is 2.06. The first-order valence-electron chi connectivity index (χ1n) is 5.32. The summed E-state index contributed by atoms with van der Waals surface area (Å²) in [6.45, 7) is 0. The number of carbonyl (C=O) groups is 1. The lowest BCUT2D eigenvalue weighted by atomic mass is 10.2. The maximum Gasteiger partial charge on any atom is 0.337 e. The lowest BCUT2D eigenvalue weighted by Crippen LogP contribution is -1.98. The van der Waals surface area contributed by atoms with Crippen molar-refractivity contribution in [3.05, 3.63) is 57.8 Å². The van der Waals surface area contributed by atoms with Gasteiger partial charge < -0.3 is 5.11 Å². The maximum atomic E-state index is 10.7. The number of hydrogen-bond acceptors (Lipinski definition) is 3. The van der Waals surface area contributed by atoms with Crippen molar-refractivity contribution in [3.8, 4) is 0 Å². The van der Waals surface area contributed by atoms with Gasteiger partial charge in [0.15, 0.2) is 0 Å². The van der Waals surface area contributed by atoms with Gasteiger partial charge in [-0.2, -0.15) is 0 Å². The van der Waals surface area contributed by atoms with Gasteiger partial charge in [0.2, 0.25) is 0 Å². The van der Waals surface area contributed by atoms with Crippen molar-refractivity contribution in [1.29, 1.82) is 0 Å². The van der Waals surface area contributed by atoms with Crippen LogP contribution in [-0.2, 0) is 5.75 Å². The molecule has 1 aromatic heterocycles. The number of nitrogens with zero attached hydrogens (tertiary/aromatic N) is 1. The quantitative estimate of drug-likeness (QED) is 0.851. The molecule has 0 amide bonds. The SMILES string of the molecule is O=C(O)c1ccc(CSc2cc(Cl)ccc2Cl)nc1. The van der Waals surface area contributed by atoms with E-state index < -0.39 is 5.97 Å². The number of rotatable bonds is 4. The van der Waals surface area contributed by atoms with Gasteiger partial charge in [-0.05, 0) is 30.3 Å². The van der Waals surface area contributed by atoms with Crippen molar-refractivity contribution in [2.45, 2.75) is 10.6 Å². The molecule has 3 nitrogen and oxygen atoms in total. The number of halogens is 2. The summed E-state index contributed by atoms with van der Waals surface area (Å²) in [6, 6.07) is 8.49. The maximum absolute atomic E-state index is 10.7. The van der Waals surface area contributed by atoms with E-state index in [1.807, 2.05) is 0 Å². The van der Waals surface area contributed by atoms with Gasteiger partial charge in [-0.25, -0.2) is 4.79 Å². The van der Waals surface area contributed by atoms with Crippen molar-refractivity contribution >= 4 is 40.9 Å². The summed E-state index contributed by atoms with van der Waals surface area (Å²) >= 11 is 13.5. The first-order valence-corrected chi connectivity index (χ1v) is 7.06. The van der Waals surface area contributed by atoms with Crippen molar-refractivity contribution in [3.63, 3.8) is 0 Å². The average Bonchev–Trinajstić information content (AvgIpc) is 2.40. The van der Waals surface area contributed by atoms with Crippen molar-refractivity contribution < 1.29 is 9.90 Å². The molecule has 0 fully saturated rings. The van der Waals surface area contributed by atoms with E-state index in [2.05, 4.69) is 4.98 Å². The summed E-state index contributed by atoms with van der Waals surface area (Å²) in [5.41, 5.74) is 0.959. The zero-order valence-corrected chi connectivity index (χ0v) is 12.0. The Labute approximate surface area is 124 Å². The molecule has 0 aliphatic carbocycles. The monoisotopic (exact) mass is 313 g/mol. The molecule has 0 saturated carbocycles. The van der Waals surface area contributed by atoms with Crippen molar-refractivity contribution in [2.24, 2.45) is 0 Å². The third kappa shape index (κ3) is 3.86. The highest BCUT2D eigenvalue weighted by Gasteiger charge is 2.05. The highest BCUT2D eigenvalue weighted by Crippen LogP contribution is 2.31. The van der Waals surface area contributed by atoms with E-state index in [9.17, 15) is 4.79 Å². The smallest absolute Gasteiger partial charge is 0.337 e. The van der Waals surface area contributed by atoms with E-state index >= 15 is 0 Å². The first-order chi connectivity index (χ1) is 9.06. The third-order valence-corrected chi connectivity index (χ3v) is 4.11. The standard InChI is InChI=1S/C13H9Cl2NO2S/c14-9-2-4-11(15)12(5-9)19-7-10-3-1-8(6-16-10)13(17)18/h1-6H,7H2,(H,17,18). The van der Waals surface area contributed by atoms with Gasteiger partial charge in [0.05, 0.1) is 16.3 Å². The van der Waals surface area contributed by atoms with Gasteiger partial charge in [-0.3, -0.25) is 4.98 Å². The highest BCUT2D eigenvalue weighted by molar-refractivity contribution is 7.98. The lowest BCUT2D eigenvalue weighted by Gasteiger charge is -2.04. The predicted octanol–water partition coefficient (Wildman–Crippen LogP) is 4.38. The fraction of sp³-hybridized carbons (Fsp3) is 0.0769. The molecule has 0 unspecified atom stereocenters. The molecule has 1 N–H and O–H groups in total. The van der Waals surface area contributed by atoms with Crippen LogP contribution in [0, 0.1) is 0 Å². The summed E-state index contributed by atoms with van der Waals surface area (Å²) in [5.74, 6) is -0.385. The van der Waals surface area contributed by atoms with Crippen LogP contribution < -0.4 is 0 Å². The minimum atomic E-state index is -0.982. The summed E-state index contributed by atoms with van der Waals surface area (Å²) in [6.07, 6.45) is 1.35. The fourth-order valence-electron chi connectivity index (χ4n) is 1.38. The number of carboxylic acids is 1. The van der Waals surface area contributed by atoms with Gasteiger partial charge >= 0.3 is 5.97 Å². The van der Waals surface area contributed by atoms with Gasteiger partial charge in [0.25, 0.3) is 0 Å². The number of aromatic nitrogens is 1. The second-order valence-electron chi connectivity index (χ2n) is 3.71. The number of benzene rings is 1. The van der Waals surface area contributed by atoms with Gasteiger partial charge in [-0.15, -0.1) is 11.8 Å². The summed E-state index contributed by atoms with van der Waals surface area (Å²) in [7, 11) is 0. The second kappa shape index (κ2) is 6.28. The molecule has 0 atom stereocenters. The highest BCUT2D eigenvalue weighted by atomic mass is 35.5. The van der Waals surface area contributed by atoms with E-state index in [1.165, 1.54) is 24.0 Å². The van der Waals surface area contributed by atoms with Crippen LogP contribution in [-0.4, -0.2) is 16.1 Å². The Hall–Kier alpha value is -1.23. The Kier molecular flexibility index (Phi) is 4.69. The van der Waals surface area contributed by atoms with E-state index in [1.54, 1.807) is 24.3 Å². The van der Waals surface area contributed by atoms with Gasteiger partial charge in [0.1, 0.15) is 0 Å². The molecule has 1 aromatic carbocycles. The molecule has 0 aliphatic rings. The van der Waals surface area contributed by atoms with Crippen LogP contribution in [0.2, 0.25) is 10.0 Å². The van der Waals surface area contributed by atoms with Crippen molar-refractivity contribution in [2.75, 3.05) is 0 Å². The molecular weight excluding hydrogens is 305 g/mol. The Morgan fingerprint density at radius 2 is 2.05 bits per heavy atom. The first kappa shape index (κ1) is 14.2. The minimum absolute atomic E-state index is 0.175. The number of thioether (sulfide) groups is 1. The number of hydrogen-bond donors (Lipinski definition) is 1. The topological polar surface area (TPSA) is 50.2 Å². The largest absolute Gasteiger partial charge is 0.478 e. The van der Waals surface area contributed by atoms with E-state index in [0.29, 0.717) is 15.8 Å². The van der Waals surface area contributed by atoms with Gasteiger partial charge in [0, 0.05) is 21.9 Å². The molecular formula is C13H9Cl2NO2S. The molecule has 0 bridgehead atoms. The molecule has 2 rings (SSSR count). The van der Waals surface area contributed by atoms with E-state index in [-0.39, 0.29) is 5.56 Å². The van der Waals surface area contributed by atoms with Crippen LogP contribution in [0.25, 0.3) is 0 Å². The normalized spacial score (nSPS) is 10.4. The third-order valence-electron chi connectivity index (χ3n) is 2.34. The van der Waals surface area contributed by atoms with Crippen LogP contribution in [0.4, 0.5) is 0 Å². The summed E-state index contributed by atoms with van der Waals surface area (Å²) < 4.78 is 0. The van der Waals surface area contributed by atoms with Crippen LogP contribution in [0.3, 0.4) is 0 Å². The molecule has 0 saturated heterocycles.